The summed E-state index contributed by atoms with van der Waals surface area (Å²) in [6, 6.07) is 1.82. The number of pyridine rings is 1. The Hall–Kier alpha value is -1.83. The Balaban J connectivity index is 2.30. The third-order valence-electron chi connectivity index (χ3n) is 2.36. The fourth-order valence-corrected chi connectivity index (χ4v) is 1.77. The van der Waals surface area contributed by atoms with E-state index in [1.54, 1.807) is 19.3 Å². The Morgan fingerprint density at radius 2 is 2.33 bits per heavy atom. The molecule has 2 heterocycles. The molecule has 0 aliphatic heterocycles. The molecule has 0 radical (unpaired) electrons. The summed E-state index contributed by atoms with van der Waals surface area (Å²) in [6.45, 7) is 1.82. The average molecular weight is 312 g/mol. The zero-order chi connectivity index (χ0) is 13.1. The molecule has 0 saturated heterocycles. The quantitative estimate of drug-likeness (QED) is 0.912. The van der Waals surface area contributed by atoms with Gasteiger partial charge in [0.15, 0.2) is 5.82 Å². The van der Waals surface area contributed by atoms with Gasteiger partial charge in [-0.3, -0.25) is 9.78 Å². The number of carbonyl (C=O) groups is 1. The summed E-state index contributed by atoms with van der Waals surface area (Å²) in [4.78, 5) is 14.8. The van der Waals surface area contributed by atoms with Crippen molar-refractivity contribution in [3.05, 3.63) is 22.9 Å². The topological polar surface area (TPSA) is 93.8 Å². The first-order valence-electron chi connectivity index (χ1n) is 5.18. The lowest BCUT2D eigenvalue weighted by Gasteiger charge is -2.07. The number of rotatable bonds is 4. The summed E-state index contributed by atoms with van der Waals surface area (Å²) < 4.78 is 2.27. The van der Waals surface area contributed by atoms with Crippen LogP contribution in [0.2, 0.25) is 0 Å². The van der Waals surface area contributed by atoms with Crippen LogP contribution in [0.5, 0.6) is 0 Å². The number of hydrogen-bond acceptors (Lipinski definition) is 5. The molecule has 0 aliphatic carbocycles. The minimum Gasteiger partial charge on any atom is -0.481 e. The molecule has 2 rings (SSSR count). The molecule has 18 heavy (non-hydrogen) atoms. The van der Waals surface area contributed by atoms with Gasteiger partial charge >= 0.3 is 5.97 Å². The van der Waals surface area contributed by atoms with E-state index in [-0.39, 0.29) is 6.54 Å². The van der Waals surface area contributed by atoms with Gasteiger partial charge in [-0.1, -0.05) is 6.92 Å². The van der Waals surface area contributed by atoms with Gasteiger partial charge in [0.1, 0.15) is 0 Å². The summed E-state index contributed by atoms with van der Waals surface area (Å²) in [5, 5.41) is 20.1. The number of halogens is 1. The molecule has 0 amide bonds. The number of aromatic nitrogens is 5. The van der Waals surface area contributed by atoms with Crippen molar-refractivity contribution in [2.24, 2.45) is 5.92 Å². The fraction of sp³-hybridized carbons (Fsp3) is 0.300. The average Bonchev–Trinajstić information content (AvgIpc) is 2.77. The predicted molar refractivity (Wildman–Crippen MR) is 65.5 cm³/mol. The number of aliphatic carboxylic acids is 1. The van der Waals surface area contributed by atoms with Gasteiger partial charge < -0.3 is 5.11 Å². The molecule has 0 fully saturated rings. The van der Waals surface area contributed by atoms with Gasteiger partial charge in [0.25, 0.3) is 0 Å². The molecule has 1 N–H and O–H groups in total. The lowest BCUT2D eigenvalue weighted by atomic mass is 10.2. The molecule has 1 unspecified atom stereocenters. The Morgan fingerprint density at radius 3 is 3.00 bits per heavy atom. The van der Waals surface area contributed by atoms with E-state index in [1.807, 2.05) is 6.07 Å². The van der Waals surface area contributed by atoms with Crippen LogP contribution in [0.25, 0.3) is 11.4 Å². The molecule has 2 aromatic rings. The number of carboxylic acid groups (broad SMARTS) is 1. The molecular weight excluding hydrogens is 302 g/mol. The van der Waals surface area contributed by atoms with Crippen molar-refractivity contribution in [1.29, 1.82) is 0 Å². The molecule has 8 heteroatoms. The number of nitrogens with zero attached hydrogens (tertiary/aromatic N) is 5. The van der Waals surface area contributed by atoms with Gasteiger partial charge in [-0.25, -0.2) is 4.68 Å². The van der Waals surface area contributed by atoms with Crippen LogP contribution >= 0.6 is 15.9 Å². The molecule has 1 atom stereocenters. The fourth-order valence-electron chi connectivity index (χ4n) is 1.41. The van der Waals surface area contributed by atoms with Crippen LogP contribution in [0, 0.1) is 5.92 Å². The normalized spacial score (nSPS) is 12.3. The molecule has 0 aliphatic rings. The zero-order valence-corrected chi connectivity index (χ0v) is 11.1. The predicted octanol–water partition coefficient (Wildman–Crippen LogP) is 1.22. The summed E-state index contributed by atoms with van der Waals surface area (Å²) in [7, 11) is 0. The van der Waals surface area contributed by atoms with Gasteiger partial charge in [-0.15, -0.1) is 5.10 Å². The van der Waals surface area contributed by atoms with Crippen LogP contribution in [0.15, 0.2) is 22.9 Å². The molecule has 0 bridgehead atoms. The Bertz CT molecular complexity index is 571. The van der Waals surface area contributed by atoms with E-state index >= 15 is 0 Å². The van der Waals surface area contributed by atoms with Crippen LogP contribution < -0.4 is 0 Å². The van der Waals surface area contributed by atoms with Gasteiger partial charge in [0.05, 0.1) is 12.5 Å². The number of tetrazole rings is 1. The summed E-state index contributed by atoms with van der Waals surface area (Å²) in [6.07, 6.45) is 3.27. The lowest BCUT2D eigenvalue weighted by molar-refractivity contribution is -0.141. The van der Waals surface area contributed by atoms with E-state index in [0.717, 1.165) is 10.0 Å². The van der Waals surface area contributed by atoms with Gasteiger partial charge in [-0.2, -0.15) is 0 Å². The second kappa shape index (κ2) is 5.21. The number of hydrogen-bond donors (Lipinski definition) is 1. The van der Waals surface area contributed by atoms with Gasteiger partial charge in [0, 0.05) is 22.4 Å². The molecule has 0 aromatic carbocycles. The Kier molecular flexibility index (Phi) is 3.66. The van der Waals surface area contributed by atoms with Crippen molar-refractivity contribution < 1.29 is 9.90 Å². The van der Waals surface area contributed by atoms with Gasteiger partial charge in [0.2, 0.25) is 0 Å². The van der Waals surface area contributed by atoms with Crippen molar-refractivity contribution in [3.63, 3.8) is 0 Å². The van der Waals surface area contributed by atoms with E-state index in [9.17, 15) is 4.79 Å². The molecular formula is C10H10BrN5O2. The second-order valence-electron chi connectivity index (χ2n) is 3.82. The molecule has 0 saturated carbocycles. The van der Waals surface area contributed by atoms with E-state index in [4.69, 9.17) is 5.11 Å². The third-order valence-corrected chi connectivity index (χ3v) is 2.80. The number of carboxylic acids is 1. The SMILES string of the molecule is CC(Cn1nnnc1-c1cncc(Br)c1)C(=O)O. The highest BCUT2D eigenvalue weighted by Gasteiger charge is 2.16. The van der Waals surface area contributed by atoms with Crippen molar-refractivity contribution in [2.75, 3.05) is 0 Å². The first-order valence-corrected chi connectivity index (χ1v) is 5.97. The first-order chi connectivity index (χ1) is 8.58. The van der Waals surface area contributed by atoms with Crippen LogP contribution in [0.1, 0.15) is 6.92 Å². The zero-order valence-electron chi connectivity index (χ0n) is 9.49. The van der Waals surface area contributed by atoms with E-state index in [1.165, 1.54) is 4.68 Å². The second-order valence-corrected chi connectivity index (χ2v) is 4.73. The van der Waals surface area contributed by atoms with Crippen LogP contribution in [0.3, 0.4) is 0 Å². The van der Waals surface area contributed by atoms with Crippen LogP contribution in [0.4, 0.5) is 0 Å². The smallest absolute Gasteiger partial charge is 0.308 e. The summed E-state index contributed by atoms with van der Waals surface area (Å²) >= 11 is 3.31. The summed E-state index contributed by atoms with van der Waals surface area (Å²) in [5.74, 6) is -0.951. The van der Waals surface area contributed by atoms with Crippen LogP contribution in [-0.4, -0.2) is 36.3 Å². The first kappa shape index (κ1) is 12.6. The van der Waals surface area contributed by atoms with E-state index in [2.05, 4.69) is 36.4 Å². The monoisotopic (exact) mass is 311 g/mol. The molecule has 7 nitrogen and oxygen atoms in total. The van der Waals surface area contributed by atoms with Crippen molar-refractivity contribution in [1.82, 2.24) is 25.2 Å². The maximum absolute atomic E-state index is 10.8. The highest BCUT2D eigenvalue weighted by molar-refractivity contribution is 9.10. The highest BCUT2D eigenvalue weighted by atomic mass is 79.9. The third kappa shape index (κ3) is 2.70. The van der Waals surface area contributed by atoms with E-state index in [0.29, 0.717) is 5.82 Å². The molecule has 0 spiro atoms. The maximum Gasteiger partial charge on any atom is 0.308 e. The maximum atomic E-state index is 10.8. The molecule has 2 aromatic heterocycles. The van der Waals surface area contributed by atoms with Crippen molar-refractivity contribution in [3.8, 4) is 11.4 Å². The minimum absolute atomic E-state index is 0.212. The van der Waals surface area contributed by atoms with Gasteiger partial charge in [-0.05, 0) is 32.4 Å². The largest absolute Gasteiger partial charge is 0.481 e. The lowest BCUT2D eigenvalue weighted by Crippen LogP contribution is -2.18. The Labute approximate surface area is 111 Å². The Morgan fingerprint density at radius 1 is 1.56 bits per heavy atom. The van der Waals surface area contributed by atoms with Crippen LogP contribution in [-0.2, 0) is 11.3 Å². The van der Waals surface area contributed by atoms with Crippen molar-refractivity contribution in [2.45, 2.75) is 13.5 Å². The standard InChI is InChI=1S/C10H10BrN5O2/c1-6(10(17)18)5-16-9(13-14-15-16)7-2-8(11)4-12-3-7/h2-4,6H,5H2,1H3,(H,17,18). The van der Waals surface area contributed by atoms with Crippen molar-refractivity contribution >= 4 is 21.9 Å². The highest BCUT2D eigenvalue weighted by Crippen LogP contribution is 2.19. The summed E-state index contributed by atoms with van der Waals surface area (Å²) in [5.41, 5.74) is 0.729. The van der Waals surface area contributed by atoms with E-state index < -0.39 is 11.9 Å². The minimum atomic E-state index is -0.885. The molecule has 94 valence electrons.